The van der Waals surface area contributed by atoms with Crippen molar-refractivity contribution in [3.8, 4) is 0 Å². The van der Waals surface area contributed by atoms with E-state index in [1.807, 2.05) is 0 Å². The second-order valence-electron chi connectivity index (χ2n) is 3.85. The molecular weight excluding hydrogens is 309 g/mol. The van der Waals surface area contributed by atoms with Gasteiger partial charge in [-0.15, -0.1) is 0 Å². The molecule has 0 atom stereocenters. The van der Waals surface area contributed by atoms with Gasteiger partial charge in [-0.1, -0.05) is 29.8 Å². The van der Waals surface area contributed by atoms with Gasteiger partial charge in [-0.05, 0) is 59.3 Å². The molecule has 0 saturated heterocycles. The van der Waals surface area contributed by atoms with E-state index >= 15 is 0 Å². The maximum atomic E-state index is 3.40. The van der Waals surface area contributed by atoms with Gasteiger partial charge in [0, 0.05) is 15.8 Å². The van der Waals surface area contributed by atoms with E-state index in [2.05, 4.69) is 83.4 Å². The van der Waals surface area contributed by atoms with Crippen LogP contribution in [-0.4, -0.2) is 0 Å². The zero-order chi connectivity index (χ0) is 11.4. The van der Waals surface area contributed by atoms with Crippen molar-refractivity contribution in [3.63, 3.8) is 0 Å². The number of hydrogen-bond donors (Lipinski definition) is 1. The Labute approximate surface area is 110 Å². The van der Waals surface area contributed by atoms with Crippen LogP contribution in [0.3, 0.4) is 0 Å². The molecule has 0 aromatic heterocycles. The Morgan fingerprint density at radius 3 is 2.19 bits per heavy atom. The van der Waals surface area contributed by atoms with E-state index in [9.17, 15) is 0 Å². The van der Waals surface area contributed by atoms with E-state index in [1.54, 1.807) is 0 Å². The first kappa shape index (κ1) is 11.5. The Morgan fingerprint density at radius 1 is 0.938 bits per heavy atom. The van der Waals surface area contributed by atoms with Crippen LogP contribution in [0.5, 0.6) is 0 Å². The fraction of sp³-hybridized carbons (Fsp3) is 0.143. The summed E-state index contributed by atoms with van der Waals surface area (Å²) in [6, 6.07) is 17.0. The van der Waals surface area contributed by atoms with Crippen LogP contribution in [0.15, 0.2) is 48.5 Å². The minimum absolute atomic E-state index is 0.876. The van der Waals surface area contributed by atoms with E-state index in [0.717, 1.165) is 6.54 Å². The molecule has 0 aliphatic heterocycles. The summed E-state index contributed by atoms with van der Waals surface area (Å²) in [6.45, 7) is 2.98. The molecule has 0 bridgehead atoms. The second kappa shape index (κ2) is 5.34. The topological polar surface area (TPSA) is 12.0 Å². The predicted octanol–water partition coefficient (Wildman–Crippen LogP) is 4.21. The molecule has 2 aromatic rings. The zero-order valence-electron chi connectivity index (χ0n) is 9.20. The van der Waals surface area contributed by atoms with E-state index < -0.39 is 0 Å². The average Bonchev–Trinajstić information content (AvgIpc) is 2.30. The highest BCUT2D eigenvalue weighted by molar-refractivity contribution is 14.1. The van der Waals surface area contributed by atoms with Gasteiger partial charge in [-0.2, -0.15) is 0 Å². The summed E-state index contributed by atoms with van der Waals surface area (Å²) in [6.07, 6.45) is 0. The van der Waals surface area contributed by atoms with Gasteiger partial charge < -0.3 is 5.32 Å². The molecule has 0 fully saturated rings. The van der Waals surface area contributed by atoms with Crippen molar-refractivity contribution in [1.29, 1.82) is 0 Å². The molecule has 0 aliphatic carbocycles. The average molecular weight is 323 g/mol. The maximum absolute atomic E-state index is 3.40. The first-order chi connectivity index (χ1) is 7.74. The number of aryl methyl sites for hydroxylation is 1. The summed E-state index contributed by atoms with van der Waals surface area (Å²) < 4.78 is 1.26. The number of rotatable bonds is 3. The van der Waals surface area contributed by atoms with Crippen LogP contribution in [0.2, 0.25) is 0 Å². The second-order valence-corrected chi connectivity index (χ2v) is 5.09. The van der Waals surface area contributed by atoms with Crippen LogP contribution >= 0.6 is 22.6 Å². The molecule has 0 spiro atoms. The predicted molar refractivity (Wildman–Crippen MR) is 77.7 cm³/mol. The molecule has 0 aliphatic rings. The minimum Gasteiger partial charge on any atom is -0.381 e. The van der Waals surface area contributed by atoms with Crippen molar-refractivity contribution in [3.05, 3.63) is 63.2 Å². The molecule has 82 valence electrons. The molecule has 0 heterocycles. The largest absolute Gasteiger partial charge is 0.381 e. The molecule has 2 aromatic carbocycles. The lowest BCUT2D eigenvalue weighted by atomic mass is 10.1. The highest BCUT2D eigenvalue weighted by Crippen LogP contribution is 2.12. The van der Waals surface area contributed by atoms with E-state index in [1.165, 1.54) is 20.4 Å². The van der Waals surface area contributed by atoms with Crippen molar-refractivity contribution < 1.29 is 0 Å². The lowest BCUT2D eigenvalue weighted by Gasteiger charge is -2.06. The SMILES string of the molecule is Cc1ccc(CNc2ccc(I)cc2)cc1. The van der Waals surface area contributed by atoms with Gasteiger partial charge in [0.15, 0.2) is 0 Å². The minimum atomic E-state index is 0.876. The van der Waals surface area contributed by atoms with Crippen molar-refractivity contribution in [1.82, 2.24) is 0 Å². The first-order valence-electron chi connectivity index (χ1n) is 5.29. The van der Waals surface area contributed by atoms with Gasteiger partial charge in [0.05, 0.1) is 0 Å². The van der Waals surface area contributed by atoms with Crippen molar-refractivity contribution >= 4 is 28.3 Å². The molecule has 2 rings (SSSR count). The molecular formula is C14H14IN. The van der Waals surface area contributed by atoms with Gasteiger partial charge in [0.2, 0.25) is 0 Å². The molecule has 16 heavy (non-hydrogen) atoms. The number of hydrogen-bond acceptors (Lipinski definition) is 1. The monoisotopic (exact) mass is 323 g/mol. The molecule has 0 unspecified atom stereocenters. The number of benzene rings is 2. The molecule has 2 heteroatoms. The fourth-order valence-corrected chi connectivity index (χ4v) is 1.84. The molecule has 0 amide bonds. The highest BCUT2D eigenvalue weighted by atomic mass is 127. The standard InChI is InChI=1S/C14H14IN/c1-11-2-4-12(5-3-11)10-16-14-8-6-13(15)7-9-14/h2-9,16H,10H2,1H3. The number of halogens is 1. The molecule has 1 N–H and O–H groups in total. The van der Waals surface area contributed by atoms with Gasteiger partial charge in [0.1, 0.15) is 0 Å². The van der Waals surface area contributed by atoms with Gasteiger partial charge in [0.25, 0.3) is 0 Å². The Morgan fingerprint density at radius 2 is 1.56 bits per heavy atom. The van der Waals surface area contributed by atoms with Crippen LogP contribution in [0.25, 0.3) is 0 Å². The zero-order valence-corrected chi connectivity index (χ0v) is 11.4. The summed E-state index contributed by atoms with van der Waals surface area (Å²) in [5, 5.41) is 3.40. The van der Waals surface area contributed by atoms with Crippen molar-refractivity contribution in [2.24, 2.45) is 0 Å². The van der Waals surface area contributed by atoms with E-state index in [-0.39, 0.29) is 0 Å². The van der Waals surface area contributed by atoms with Crippen LogP contribution in [0.1, 0.15) is 11.1 Å². The first-order valence-corrected chi connectivity index (χ1v) is 6.37. The van der Waals surface area contributed by atoms with Crippen LogP contribution in [0, 0.1) is 10.5 Å². The fourth-order valence-electron chi connectivity index (χ4n) is 1.48. The summed E-state index contributed by atoms with van der Waals surface area (Å²) in [5.74, 6) is 0. The third kappa shape index (κ3) is 3.23. The van der Waals surface area contributed by atoms with E-state index in [4.69, 9.17) is 0 Å². The van der Waals surface area contributed by atoms with Crippen LogP contribution in [-0.2, 0) is 6.54 Å². The third-order valence-electron chi connectivity index (χ3n) is 2.46. The van der Waals surface area contributed by atoms with E-state index in [0.29, 0.717) is 0 Å². The third-order valence-corrected chi connectivity index (χ3v) is 3.18. The summed E-state index contributed by atoms with van der Waals surface area (Å²) in [7, 11) is 0. The summed E-state index contributed by atoms with van der Waals surface area (Å²) >= 11 is 2.31. The maximum Gasteiger partial charge on any atom is 0.0400 e. The summed E-state index contributed by atoms with van der Waals surface area (Å²) in [4.78, 5) is 0. The molecule has 0 saturated carbocycles. The smallest absolute Gasteiger partial charge is 0.0400 e. The van der Waals surface area contributed by atoms with Crippen molar-refractivity contribution in [2.75, 3.05) is 5.32 Å². The van der Waals surface area contributed by atoms with Gasteiger partial charge in [-0.3, -0.25) is 0 Å². The Bertz CT molecular complexity index is 400. The lowest BCUT2D eigenvalue weighted by molar-refractivity contribution is 1.14. The Kier molecular flexibility index (Phi) is 3.83. The quantitative estimate of drug-likeness (QED) is 0.834. The molecule has 0 radical (unpaired) electrons. The van der Waals surface area contributed by atoms with Crippen LogP contribution in [0.4, 0.5) is 5.69 Å². The lowest BCUT2D eigenvalue weighted by Crippen LogP contribution is -1.98. The van der Waals surface area contributed by atoms with Crippen LogP contribution < -0.4 is 5.32 Å². The number of nitrogens with one attached hydrogen (secondary N) is 1. The highest BCUT2D eigenvalue weighted by Gasteiger charge is 1.94. The van der Waals surface area contributed by atoms with Gasteiger partial charge >= 0.3 is 0 Å². The summed E-state index contributed by atoms with van der Waals surface area (Å²) in [5.41, 5.74) is 3.78. The normalized spacial score (nSPS) is 10.1. The Balaban J connectivity index is 1.97. The Hall–Kier alpha value is -1.03. The van der Waals surface area contributed by atoms with Crippen molar-refractivity contribution in [2.45, 2.75) is 13.5 Å². The number of anilines is 1. The van der Waals surface area contributed by atoms with Gasteiger partial charge in [-0.25, -0.2) is 0 Å². The molecule has 1 nitrogen and oxygen atoms in total.